The lowest BCUT2D eigenvalue weighted by molar-refractivity contribution is -0.0456. The molecule has 3 N–H and O–H groups in total. The second-order valence-corrected chi connectivity index (χ2v) is 7.87. The van der Waals surface area contributed by atoms with E-state index in [1.54, 1.807) is 28.8 Å². The molecule has 5 rings (SSSR count). The summed E-state index contributed by atoms with van der Waals surface area (Å²) in [5.74, 6) is -0.116. The molecule has 0 spiro atoms. The van der Waals surface area contributed by atoms with Gasteiger partial charge in [0.05, 0.1) is 12.7 Å². The summed E-state index contributed by atoms with van der Waals surface area (Å²) in [4.78, 5) is 25.9. The van der Waals surface area contributed by atoms with Crippen molar-refractivity contribution in [3.05, 3.63) is 78.1 Å². The van der Waals surface area contributed by atoms with Crippen LogP contribution in [0.15, 0.2) is 67.0 Å². The van der Waals surface area contributed by atoms with Crippen LogP contribution in [0.25, 0.3) is 11.2 Å². The normalized spacial score (nSPS) is 19.9. The predicted molar refractivity (Wildman–Crippen MR) is 122 cm³/mol. The number of aliphatic hydroxyl groups is 2. The van der Waals surface area contributed by atoms with Crippen LogP contribution in [0.3, 0.4) is 0 Å². The zero-order valence-electron chi connectivity index (χ0n) is 18.1. The van der Waals surface area contributed by atoms with Crippen LogP contribution in [-0.4, -0.2) is 54.5 Å². The third kappa shape index (κ3) is 4.34. The first kappa shape index (κ1) is 22.0. The summed E-state index contributed by atoms with van der Waals surface area (Å²) in [5, 5.41) is 22.6. The van der Waals surface area contributed by atoms with Crippen LogP contribution < -0.4 is 10.1 Å². The molecule has 1 aliphatic rings. The minimum absolute atomic E-state index is 0.199. The molecule has 10 nitrogen and oxygen atoms in total. The van der Waals surface area contributed by atoms with Gasteiger partial charge in [0.2, 0.25) is 0 Å². The number of hydrogen-bond acceptors (Lipinski definition) is 8. The number of carbonyl (C=O) groups excluding carboxylic acids is 1. The molecule has 10 heteroatoms. The number of aliphatic hydroxyl groups excluding tert-OH is 2. The van der Waals surface area contributed by atoms with Crippen molar-refractivity contribution in [1.82, 2.24) is 19.5 Å². The molecule has 1 fully saturated rings. The van der Waals surface area contributed by atoms with E-state index < -0.39 is 18.4 Å². The monoisotopic (exact) mass is 461 g/mol. The summed E-state index contributed by atoms with van der Waals surface area (Å²) in [5.41, 5.74) is 2.10. The second kappa shape index (κ2) is 9.56. The number of fused-ring (bicyclic) bond motifs is 1. The molecular formula is C24H23N5O5. The molecule has 0 bridgehead atoms. The Kier molecular flexibility index (Phi) is 6.17. The van der Waals surface area contributed by atoms with E-state index in [4.69, 9.17) is 9.47 Å². The van der Waals surface area contributed by atoms with E-state index in [0.717, 1.165) is 5.56 Å². The van der Waals surface area contributed by atoms with E-state index in [0.29, 0.717) is 16.7 Å². The quantitative estimate of drug-likeness (QED) is 0.382. The van der Waals surface area contributed by atoms with Crippen LogP contribution in [0.5, 0.6) is 6.01 Å². The van der Waals surface area contributed by atoms with Crippen molar-refractivity contribution in [2.45, 2.75) is 31.5 Å². The van der Waals surface area contributed by atoms with Crippen molar-refractivity contribution in [3.8, 4) is 6.01 Å². The SMILES string of the molecule is O=C(Nc1ncnc2c1nc(OCc1ccccc1)n2C1CC(O)C(CO)O1)c1ccccc1. The standard InChI is InChI=1S/C24H23N5O5/c30-12-18-17(31)11-19(34-18)29-22-20(27-24(29)33-13-15-7-3-1-4-8-15)21(25-14-26-22)28-23(32)16-9-5-2-6-10-16/h1-10,14,17-19,30-31H,11-13H2,(H,25,26,28,32). The Balaban J connectivity index is 1.52. The maximum atomic E-state index is 12.7. The summed E-state index contributed by atoms with van der Waals surface area (Å²) in [6.45, 7) is -0.0835. The predicted octanol–water partition coefficient (Wildman–Crippen LogP) is 2.30. The molecule has 174 valence electrons. The van der Waals surface area contributed by atoms with E-state index in [1.165, 1.54) is 6.33 Å². The fourth-order valence-corrected chi connectivity index (χ4v) is 3.87. The third-order valence-electron chi connectivity index (χ3n) is 5.60. The van der Waals surface area contributed by atoms with E-state index in [1.807, 2.05) is 36.4 Å². The molecule has 3 unspecified atom stereocenters. The minimum Gasteiger partial charge on any atom is -0.460 e. The molecule has 4 aromatic rings. The average molecular weight is 461 g/mol. The number of hydrogen-bond donors (Lipinski definition) is 3. The number of aromatic nitrogens is 4. The van der Waals surface area contributed by atoms with Gasteiger partial charge in [-0.15, -0.1) is 0 Å². The maximum Gasteiger partial charge on any atom is 0.301 e. The first-order valence-corrected chi connectivity index (χ1v) is 10.8. The van der Waals surface area contributed by atoms with Gasteiger partial charge in [-0.05, 0) is 17.7 Å². The molecule has 2 aromatic heterocycles. The highest BCUT2D eigenvalue weighted by molar-refractivity contribution is 6.06. The summed E-state index contributed by atoms with van der Waals surface area (Å²) < 4.78 is 13.5. The van der Waals surface area contributed by atoms with Gasteiger partial charge in [0, 0.05) is 12.0 Å². The van der Waals surface area contributed by atoms with Crippen LogP contribution in [0, 0.1) is 0 Å². The highest BCUT2D eigenvalue weighted by Crippen LogP contribution is 2.36. The largest absolute Gasteiger partial charge is 0.460 e. The zero-order chi connectivity index (χ0) is 23.5. The van der Waals surface area contributed by atoms with Gasteiger partial charge < -0.3 is 25.0 Å². The number of benzene rings is 2. The summed E-state index contributed by atoms with van der Waals surface area (Å²) in [6, 6.07) is 18.6. The molecule has 0 aliphatic carbocycles. The van der Waals surface area contributed by atoms with Crippen molar-refractivity contribution >= 4 is 22.9 Å². The summed E-state index contributed by atoms with van der Waals surface area (Å²) in [6.07, 6.45) is -0.724. The lowest BCUT2D eigenvalue weighted by Gasteiger charge is -2.16. The fraction of sp³-hybridized carbons (Fsp3) is 0.250. The van der Waals surface area contributed by atoms with E-state index in [9.17, 15) is 15.0 Å². The molecule has 3 heterocycles. The Bertz CT molecular complexity index is 1280. The van der Waals surface area contributed by atoms with Gasteiger partial charge in [0.15, 0.2) is 17.0 Å². The van der Waals surface area contributed by atoms with Crippen LogP contribution in [-0.2, 0) is 11.3 Å². The van der Waals surface area contributed by atoms with E-state index in [-0.39, 0.29) is 37.4 Å². The molecule has 3 atom stereocenters. The van der Waals surface area contributed by atoms with Gasteiger partial charge in [0.1, 0.15) is 25.3 Å². The molecular weight excluding hydrogens is 438 g/mol. The van der Waals surface area contributed by atoms with Crippen molar-refractivity contribution in [1.29, 1.82) is 0 Å². The molecule has 2 aromatic carbocycles. The molecule has 1 amide bonds. The molecule has 1 saturated heterocycles. The molecule has 1 aliphatic heterocycles. The highest BCUT2D eigenvalue weighted by Gasteiger charge is 2.37. The van der Waals surface area contributed by atoms with Crippen molar-refractivity contribution in [2.24, 2.45) is 0 Å². The van der Waals surface area contributed by atoms with Crippen LogP contribution >= 0.6 is 0 Å². The molecule has 0 saturated carbocycles. The smallest absolute Gasteiger partial charge is 0.301 e. The minimum atomic E-state index is -0.853. The Morgan fingerprint density at radius 3 is 2.56 bits per heavy atom. The van der Waals surface area contributed by atoms with Gasteiger partial charge in [-0.25, -0.2) is 9.97 Å². The van der Waals surface area contributed by atoms with Crippen LogP contribution in [0.1, 0.15) is 28.6 Å². The Morgan fingerprint density at radius 2 is 1.85 bits per heavy atom. The number of imidazole rings is 1. The van der Waals surface area contributed by atoms with Gasteiger partial charge in [0.25, 0.3) is 5.91 Å². The van der Waals surface area contributed by atoms with Gasteiger partial charge >= 0.3 is 6.01 Å². The highest BCUT2D eigenvalue weighted by atomic mass is 16.6. The second-order valence-electron chi connectivity index (χ2n) is 7.87. The number of nitrogens with zero attached hydrogens (tertiary/aromatic N) is 4. The van der Waals surface area contributed by atoms with Gasteiger partial charge in [-0.2, -0.15) is 4.98 Å². The fourth-order valence-electron chi connectivity index (χ4n) is 3.87. The number of ether oxygens (including phenoxy) is 2. The average Bonchev–Trinajstić information content (AvgIpc) is 3.44. The first-order valence-electron chi connectivity index (χ1n) is 10.8. The lowest BCUT2D eigenvalue weighted by atomic mass is 10.2. The topological polar surface area (TPSA) is 132 Å². The first-order chi connectivity index (χ1) is 16.6. The van der Waals surface area contributed by atoms with Crippen LogP contribution in [0.4, 0.5) is 5.82 Å². The number of rotatable bonds is 7. The Labute approximate surface area is 194 Å². The number of amides is 1. The number of nitrogens with one attached hydrogen (secondary N) is 1. The summed E-state index contributed by atoms with van der Waals surface area (Å²) in [7, 11) is 0. The van der Waals surface area contributed by atoms with Gasteiger partial charge in [-0.3, -0.25) is 9.36 Å². The maximum absolute atomic E-state index is 12.7. The Hall–Kier alpha value is -3.86. The van der Waals surface area contributed by atoms with Crippen LogP contribution in [0.2, 0.25) is 0 Å². The van der Waals surface area contributed by atoms with E-state index >= 15 is 0 Å². The van der Waals surface area contributed by atoms with Gasteiger partial charge in [-0.1, -0.05) is 48.5 Å². The zero-order valence-corrected chi connectivity index (χ0v) is 18.1. The van der Waals surface area contributed by atoms with Crippen molar-refractivity contribution < 1.29 is 24.5 Å². The molecule has 0 radical (unpaired) electrons. The number of carbonyl (C=O) groups is 1. The van der Waals surface area contributed by atoms with Crippen molar-refractivity contribution in [2.75, 3.05) is 11.9 Å². The molecule has 34 heavy (non-hydrogen) atoms. The number of anilines is 1. The summed E-state index contributed by atoms with van der Waals surface area (Å²) >= 11 is 0. The Morgan fingerprint density at radius 1 is 1.12 bits per heavy atom. The van der Waals surface area contributed by atoms with Crippen molar-refractivity contribution in [3.63, 3.8) is 0 Å². The third-order valence-corrected chi connectivity index (χ3v) is 5.60. The lowest BCUT2D eigenvalue weighted by Crippen LogP contribution is -2.24. The van der Waals surface area contributed by atoms with E-state index in [2.05, 4.69) is 20.3 Å².